The summed E-state index contributed by atoms with van der Waals surface area (Å²) in [6.45, 7) is 0. The van der Waals surface area contributed by atoms with E-state index in [1.54, 1.807) is 36.4 Å². The van der Waals surface area contributed by atoms with Crippen LogP contribution in [0.25, 0.3) is 10.9 Å². The number of methoxy groups -OCH3 is 2. The Labute approximate surface area is 138 Å². The van der Waals surface area contributed by atoms with Gasteiger partial charge < -0.3 is 19.8 Å². The van der Waals surface area contributed by atoms with Crippen LogP contribution in [0.1, 0.15) is 10.4 Å². The third-order valence-corrected chi connectivity index (χ3v) is 3.65. The molecule has 0 fully saturated rings. The van der Waals surface area contributed by atoms with Crippen LogP contribution in [0.3, 0.4) is 0 Å². The predicted octanol–water partition coefficient (Wildman–Crippen LogP) is 2.80. The van der Waals surface area contributed by atoms with Gasteiger partial charge in [-0.2, -0.15) is 0 Å². The molecule has 0 aliphatic carbocycles. The van der Waals surface area contributed by atoms with Gasteiger partial charge in [0, 0.05) is 23.0 Å². The standard InChI is InChI=1S/C18H16N2O4/c1-23-11-7-8-16(24-2)15(9-11)20-18(22)13-10-17(21)19-14-6-4-3-5-12(13)14/h3-10H,1-2H3,(H,19,21)(H,20,22). The van der Waals surface area contributed by atoms with Crippen molar-refractivity contribution >= 4 is 22.5 Å². The average molecular weight is 324 g/mol. The Morgan fingerprint density at radius 1 is 1.04 bits per heavy atom. The van der Waals surface area contributed by atoms with Crippen molar-refractivity contribution in [1.82, 2.24) is 4.98 Å². The fourth-order valence-corrected chi connectivity index (χ4v) is 2.49. The first-order chi connectivity index (χ1) is 11.6. The van der Waals surface area contributed by atoms with Gasteiger partial charge in [0.2, 0.25) is 5.56 Å². The Morgan fingerprint density at radius 2 is 1.83 bits per heavy atom. The first kappa shape index (κ1) is 15.6. The number of hydrogen-bond acceptors (Lipinski definition) is 4. The molecule has 2 N–H and O–H groups in total. The number of carbonyl (C=O) groups excluding carboxylic acids is 1. The molecule has 0 bridgehead atoms. The fraction of sp³-hybridized carbons (Fsp3) is 0.111. The number of nitrogens with one attached hydrogen (secondary N) is 2. The highest BCUT2D eigenvalue weighted by atomic mass is 16.5. The van der Waals surface area contributed by atoms with Crippen LogP contribution >= 0.6 is 0 Å². The summed E-state index contributed by atoms with van der Waals surface area (Å²) >= 11 is 0. The zero-order valence-corrected chi connectivity index (χ0v) is 13.3. The number of carbonyl (C=O) groups is 1. The molecule has 0 atom stereocenters. The fourth-order valence-electron chi connectivity index (χ4n) is 2.49. The Bertz CT molecular complexity index is 963. The van der Waals surface area contributed by atoms with E-state index in [2.05, 4.69) is 10.3 Å². The highest BCUT2D eigenvalue weighted by molar-refractivity contribution is 6.12. The maximum Gasteiger partial charge on any atom is 0.256 e. The molecule has 122 valence electrons. The zero-order chi connectivity index (χ0) is 17.1. The number of aromatic amines is 1. The van der Waals surface area contributed by atoms with Gasteiger partial charge in [0.25, 0.3) is 5.91 Å². The molecule has 3 rings (SSSR count). The molecule has 6 heteroatoms. The van der Waals surface area contributed by atoms with Gasteiger partial charge in [-0.3, -0.25) is 9.59 Å². The van der Waals surface area contributed by atoms with Gasteiger partial charge in [-0.05, 0) is 18.2 Å². The molecule has 0 spiro atoms. The van der Waals surface area contributed by atoms with Crippen molar-refractivity contribution in [3.8, 4) is 11.5 Å². The Hall–Kier alpha value is -3.28. The summed E-state index contributed by atoms with van der Waals surface area (Å²) in [4.78, 5) is 27.2. The number of aromatic nitrogens is 1. The molecule has 0 radical (unpaired) electrons. The SMILES string of the molecule is COc1ccc(OC)c(NC(=O)c2cc(=O)[nH]c3ccccc23)c1. The normalized spacial score (nSPS) is 10.4. The van der Waals surface area contributed by atoms with Crippen molar-refractivity contribution < 1.29 is 14.3 Å². The summed E-state index contributed by atoms with van der Waals surface area (Å²) in [5.41, 5.74) is 1.02. The molecule has 0 aliphatic heterocycles. The number of para-hydroxylation sites is 1. The first-order valence-corrected chi connectivity index (χ1v) is 7.28. The maximum absolute atomic E-state index is 12.7. The molecule has 3 aromatic rings. The van der Waals surface area contributed by atoms with E-state index in [0.29, 0.717) is 33.7 Å². The monoisotopic (exact) mass is 324 g/mol. The van der Waals surface area contributed by atoms with E-state index in [4.69, 9.17) is 9.47 Å². The molecule has 0 unspecified atom stereocenters. The van der Waals surface area contributed by atoms with Crippen LogP contribution in [-0.2, 0) is 0 Å². The molecular weight excluding hydrogens is 308 g/mol. The molecule has 1 aromatic heterocycles. The summed E-state index contributed by atoms with van der Waals surface area (Å²) in [6, 6.07) is 13.5. The van der Waals surface area contributed by atoms with Crippen molar-refractivity contribution in [2.24, 2.45) is 0 Å². The van der Waals surface area contributed by atoms with E-state index >= 15 is 0 Å². The highest BCUT2D eigenvalue weighted by Crippen LogP contribution is 2.29. The lowest BCUT2D eigenvalue weighted by Gasteiger charge is -2.12. The van der Waals surface area contributed by atoms with Crippen molar-refractivity contribution in [2.75, 3.05) is 19.5 Å². The minimum absolute atomic E-state index is 0.291. The van der Waals surface area contributed by atoms with Crippen molar-refractivity contribution in [2.45, 2.75) is 0 Å². The minimum atomic E-state index is -0.399. The van der Waals surface area contributed by atoms with E-state index < -0.39 is 5.91 Å². The average Bonchev–Trinajstić information content (AvgIpc) is 2.60. The van der Waals surface area contributed by atoms with Crippen molar-refractivity contribution in [3.05, 3.63) is 64.4 Å². The molecule has 0 saturated heterocycles. The Kier molecular flexibility index (Phi) is 4.20. The van der Waals surface area contributed by atoms with Gasteiger partial charge >= 0.3 is 0 Å². The lowest BCUT2D eigenvalue weighted by atomic mass is 10.1. The van der Waals surface area contributed by atoms with Crippen LogP contribution in [0.2, 0.25) is 0 Å². The maximum atomic E-state index is 12.7. The number of anilines is 1. The van der Waals surface area contributed by atoms with Crippen LogP contribution in [0, 0.1) is 0 Å². The van der Waals surface area contributed by atoms with Gasteiger partial charge in [0.1, 0.15) is 11.5 Å². The van der Waals surface area contributed by atoms with Crippen LogP contribution in [-0.4, -0.2) is 25.1 Å². The topological polar surface area (TPSA) is 80.4 Å². The molecule has 0 aliphatic rings. The largest absolute Gasteiger partial charge is 0.497 e. The third kappa shape index (κ3) is 2.94. The van der Waals surface area contributed by atoms with E-state index in [9.17, 15) is 9.59 Å². The lowest BCUT2D eigenvalue weighted by Crippen LogP contribution is -2.17. The van der Waals surface area contributed by atoms with Gasteiger partial charge in [-0.1, -0.05) is 18.2 Å². The molecule has 2 aromatic carbocycles. The number of H-pyrrole nitrogens is 1. The van der Waals surface area contributed by atoms with Crippen LogP contribution in [0.5, 0.6) is 11.5 Å². The molecule has 1 heterocycles. The van der Waals surface area contributed by atoms with Crippen molar-refractivity contribution in [3.63, 3.8) is 0 Å². The molecule has 1 amide bonds. The second-order valence-corrected chi connectivity index (χ2v) is 5.11. The number of amides is 1. The van der Waals surface area contributed by atoms with Gasteiger partial charge in [-0.15, -0.1) is 0 Å². The predicted molar refractivity (Wildman–Crippen MR) is 92.1 cm³/mol. The number of benzene rings is 2. The van der Waals surface area contributed by atoms with Crippen molar-refractivity contribution in [1.29, 1.82) is 0 Å². The molecule has 6 nitrogen and oxygen atoms in total. The van der Waals surface area contributed by atoms with Crippen LogP contribution < -0.4 is 20.3 Å². The van der Waals surface area contributed by atoms with E-state index in [1.165, 1.54) is 20.3 Å². The molecule has 24 heavy (non-hydrogen) atoms. The number of fused-ring (bicyclic) bond motifs is 1. The summed E-state index contributed by atoms with van der Waals surface area (Å²) in [5.74, 6) is 0.684. The lowest BCUT2D eigenvalue weighted by molar-refractivity contribution is 0.102. The van der Waals surface area contributed by atoms with Gasteiger partial charge in [0.05, 0.1) is 25.5 Å². The van der Waals surface area contributed by atoms with Gasteiger partial charge in [0.15, 0.2) is 0 Å². The second-order valence-electron chi connectivity index (χ2n) is 5.11. The number of rotatable bonds is 4. The second kappa shape index (κ2) is 6.45. The first-order valence-electron chi connectivity index (χ1n) is 7.28. The summed E-state index contributed by atoms with van der Waals surface area (Å²) in [5, 5.41) is 3.44. The Balaban J connectivity index is 2.04. The van der Waals surface area contributed by atoms with E-state index in [-0.39, 0.29) is 5.56 Å². The summed E-state index contributed by atoms with van der Waals surface area (Å²) in [7, 11) is 3.05. The number of pyridine rings is 1. The zero-order valence-electron chi connectivity index (χ0n) is 13.3. The molecular formula is C18H16N2O4. The number of hydrogen-bond donors (Lipinski definition) is 2. The molecule has 0 saturated carbocycles. The van der Waals surface area contributed by atoms with E-state index in [1.807, 2.05) is 6.07 Å². The van der Waals surface area contributed by atoms with Crippen LogP contribution in [0.4, 0.5) is 5.69 Å². The summed E-state index contributed by atoms with van der Waals surface area (Å²) in [6.07, 6.45) is 0. The van der Waals surface area contributed by atoms with Gasteiger partial charge in [-0.25, -0.2) is 0 Å². The minimum Gasteiger partial charge on any atom is -0.497 e. The van der Waals surface area contributed by atoms with Crippen LogP contribution in [0.15, 0.2) is 53.3 Å². The Morgan fingerprint density at radius 3 is 2.58 bits per heavy atom. The van der Waals surface area contributed by atoms with E-state index in [0.717, 1.165) is 0 Å². The highest BCUT2D eigenvalue weighted by Gasteiger charge is 2.14. The quantitative estimate of drug-likeness (QED) is 0.773. The number of ether oxygens (including phenoxy) is 2. The third-order valence-electron chi connectivity index (χ3n) is 3.65. The summed E-state index contributed by atoms with van der Waals surface area (Å²) < 4.78 is 10.4. The smallest absolute Gasteiger partial charge is 0.256 e.